The number of hydrogen-bond acceptors (Lipinski definition) is 7. The zero-order chi connectivity index (χ0) is 28.9. The zero-order valence-electron chi connectivity index (χ0n) is 24.7. The number of aromatic nitrogens is 3. The van der Waals surface area contributed by atoms with E-state index in [1.807, 2.05) is 36.5 Å². The highest BCUT2D eigenvalue weighted by molar-refractivity contribution is 5.88. The number of nitrogens with zero attached hydrogens (tertiary/aromatic N) is 4. The number of benzene rings is 1. The van der Waals surface area contributed by atoms with Gasteiger partial charge in [-0.1, -0.05) is 18.2 Å². The van der Waals surface area contributed by atoms with E-state index in [1.165, 1.54) is 5.56 Å². The molecule has 0 fully saturated rings. The van der Waals surface area contributed by atoms with Crippen LogP contribution in [-0.4, -0.2) is 61.2 Å². The Hall–Kier alpha value is -3.46. The minimum absolute atomic E-state index is 0.172. The smallest absolute Gasteiger partial charge is 0.419 e. The van der Waals surface area contributed by atoms with E-state index < -0.39 is 23.4 Å². The van der Waals surface area contributed by atoms with Crippen LogP contribution in [-0.2, 0) is 22.4 Å². The topological polar surface area (TPSA) is 101 Å². The minimum Gasteiger partial charge on any atom is -0.443 e. The van der Waals surface area contributed by atoms with Crippen molar-refractivity contribution in [2.24, 2.45) is 0 Å². The number of aryl methyl sites for hydroxylation is 1. The molecule has 3 aromatic rings. The summed E-state index contributed by atoms with van der Waals surface area (Å²) in [5.41, 5.74) is 2.96. The summed E-state index contributed by atoms with van der Waals surface area (Å²) in [7, 11) is 0. The Morgan fingerprint density at radius 1 is 0.950 bits per heavy atom. The Labute approximate surface area is 237 Å². The number of ether oxygens (including phenoxy) is 2. The summed E-state index contributed by atoms with van der Waals surface area (Å²) in [6.07, 6.45) is 5.03. The van der Waals surface area contributed by atoms with Crippen LogP contribution in [0.1, 0.15) is 90.3 Å². The SMILES string of the molecule is CC(C)(C)OC(=O)N(CCCCN(Cc1nc2ccccc2[nH]1)[C@H]1CCCc2cccnc21)C(=O)OC(C)(C)C. The molecule has 0 bridgehead atoms. The fourth-order valence-electron chi connectivity index (χ4n) is 5.03. The molecule has 1 atom stereocenters. The number of imidazole rings is 1. The number of nitrogens with one attached hydrogen (secondary N) is 1. The van der Waals surface area contributed by atoms with Gasteiger partial charge in [0.15, 0.2) is 0 Å². The standard InChI is InChI=1S/C31H43N5O4/c1-30(2,3)39-28(37)36(29(38)40-31(4,5)6)20-10-9-19-35(21-26-33-23-15-7-8-16-24(23)34-26)25-17-11-13-22-14-12-18-32-27(22)25/h7-8,12,14-16,18,25H,9-11,13,17,19-21H2,1-6H3,(H,33,34)/t25-/m0/s1. The van der Waals surface area contributed by atoms with Crippen LogP contribution in [0.5, 0.6) is 0 Å². The first-order chi connectivity index (χ1) is 18.9. The molecule has 0 spiro atoms. The number of para-hydroxylation sites is 2. The molecule has 1 N–H and O–H groups in total. The number of fused-ring (bicyclic) bond motifs is 2. The van der Waals surface area contributed by atoms with Crippen LogP contribution >= 0.6 is 0 Å². The first kappa shape index (κ1) is 29.5. The molecular weight excluding hydrogens is 506 g/mol. The van der Waals surface area contributed by atoms with Crippen molar-refractivity contribution in [3.63, 3.8) is 0 Å². The number of aromatic amines is 1. The quantitative estimate of drug-likeness (QED) is 0.309. The predicted molar refractivity (Wildman–Crippen MR) is 155 cm³/mol. The summed E-state index contributed by atoms with van der Waals surface area (Å²) >= 11 is 0. The molecule has 0 saturated heterocycles. The minimum atomic E-state index is -0.720. The van der Waals surface area contributed by atoms with Crippen LogP contribution < -0.4 is 0 Å². The predicted octanol–water partition coefficient (Wildman–Crippen LogP) is 6.79. The average molecular weight is 550 g/mol. The Balaban J connectivity index is 1.48. The summed E-state index contributed by atoms with van der Waals surface area (Å²) in [6.45, 7) is 12.3. The van der Waals surface area contributed by atoms with Crippen molar-refractivity contribution in [2.45, 2.75) is 97.4 Å². The fourth-order valence-corrected chi connectivity index (χ4v) is 5.03. The van der Waals surface area contributed by atoms with Gasteiger partial charge < -0.3 is 14.5 Å². The summed E-state index contributed by atoms with van der Waals surface area (Å²) in [6, 6.07) is 12.4. The highest BCUT2D eigenvalue weighted by atomic mass is 16.6. The third-order valence-electron chi connectivity index (χ3n) is 6.70. The molecule has 9 nitrogen and oxygen atoms in total. The lowest BCUT2D eigenvalue weighted by molar-refractivity contribution is 0.00101. The van der Waals surface area contributed by atoms with Crippen molar-refractivity contribution in [1.29, 1.82) is 0 Å². The van der Waals surface area contributed by atoms with Gasteiger partial charge in [-0.15, -0.1) is 0 Å². The summed E-state index contributed by atoms with van der Waals surface area (Å²) in [4.78, 5) is 42.4. The van der Waals surface area contributed by atoms with Gasteiger partial charge >= 0.3 is 12.2 Å². The van der Waals surface area contributed by atoms with Crippen LogP contribution in [0.4, 0.5) is 9.59 Å². The van der Waals surface area contributed by atoms with Crippen molar-refractivity contribution >= 4 is 23.2 Å². The van der Waals surface area contributed by atoms with Gasteiger partial charge in [0.25, 0.3) is 0 Å². The third kappa shape index (κ3) is 8.03. The van der Waals surface area contributed by atoms with Crippen molar-refractivity contribution in [2.75, 3.05) is 13.1 Å². The fraction of sp³-hybridized carbons (Fsp3) is 0.548. The van der Waals surface area contributed by atoms with Crippen molar-refractivity contribution < 1.29 is 19.1 Å². The Kier molecular flexibility index (Phi) is 9.13. The maximum atomic E-state index is 12.9. The molecule has 216 valence electrons. The van der Waals surface area contributed by atoms with Gasteiger partial charge in [0.05, 0.1) is 29.3 Å². The van der Waals surface area contributed by atoms with Gasteiger partial charge in [-0.25, -0.2) is 19.5 Å². The molecule has 0 radical (unpaired) electrons. The number of H-pyrrole nitrogens is 1. The molecule has 2 heterocycles. The second-order valence-corrected chi connectivity index (χ2v) is 12.4. The lowest BCUT2D eigenvalue weighted by atomic mass is 9.90. The van der Waals surface area contributed by atoms with E-state index in [1.54, 1.807) is 41.5 Å². The van der Waals surface area contributed by atoms with Gasteiger partial charge in [0.2, 0.25) is 0 Å². The number of rotatable bonds is 8. The number of amides is 2. The number of hydrogen-bond donors (Lipinski definition) is 1. The Morgan fingerprint density at radius 2 is 1.62 bits per heavy atom. The van der Waals surface area contributed by atoms with E-state index >= 15 is 0 Å². The number of carbonyl (C=O) groups excluding carboxylic acids is 2. The highest BCUT2D eigenvalue weighted by Gasteiger charge is 2.31. The molecule has 1 aliphatic carbocycles. The van der Waals surface area contributed by atoms with E-state index in [-0.39, 0.29) is 12.6 Å². The van der Waals surface area contributed by atoms with Gasteiger partial charge in [0, 0.05) is 12.7 Å². The Morgan fingerprint density at radius 3 is 2.30 bits per heavy atom. The number of carbonyl (C=O) groups is 2. The molecule has 4 rings (SSSR count). The van der Waals surface area contributed by atoms with Gasteiger partial charge in [-0.2, -0.15) is 0 Å². The molecule has 0 unspecified atom stereocenters. The first-order valence-corrected chi connectivity index (χ1v) is 14.2. The molecule has 0 saturated carbocycles. The maximum Gasteiger partial charge on any atom is 0.419 e. The molecule has 2 amide bonds. The normalized spacial score (nSPS) is 15.6. The second-order valence-electron chi connectivity index (χ2n) is 12.4. The molecule has 9 heteroatoms. The van der Waals surface area contributed by atoms with Crippen LogP contribution in [0.3, 0.4) is 0 Å². The van der Waals surface area contributed by atoms with Crippen molar-refractivity contribution in [3.05, 3.63) is 59.7 Å². The number of imide groups is 1. The highest BCUT2D eigenvalue weighted by Crippen LogP contribution is 2.34. The Bertz CT molecular complexity index is 1250. The van der Waals surface area contributed by atoms with Crippen LogP contribution in [0.15, 0.2) is 42.6 Å². The van der Waals surface area contributed by atoms with Crippen molar-refractivity contribution in [1.82, 2.24) is 24.8 Å². The van der Waals surface area contributed by atoms with Crippen molar-refractivity contribution in [3.8, 4) is 0 Å². The van der Waals surface area contributed by atoms with Gasteiger partial charge in [-0.3, -0.25) is 9.88 Å². The average Bonchev–Trinajstić information content (AvgIpc) is 3.28. The second kappa shape index (κ2) is 12.4. The lowest BCUT2D eigenvalue weighted by Crippen LogP contribution is -2.44. The molecule has 40 heavy (non-hydrogen) atoms. The van der Waals surface area contributed by atoms with E-state index in [4.69, 9.17) is 19.4 Å². The van der Waals surface area contributed by atoms with Gasteiger partial charge in [-0.05, 0) is 104 Å². The summed E-state index contributed by atoms with van der Waals surface area (Å²) in [5, 5.41) is 0. The number of pyridine rings is 1. The van der Waals surface area contributed by atoms with E-state index in [0.717, 1.165) is 59.7 Å². The monoisotopic (exact) mass is 549 g/mol. The largest absolute Gasteiger partial charge is 0.443 e. The van der Waals surface area contributed by atoms with Gasteiger partial charge in [0.1, 0.15) is 17.0 Å². The summed E-state index contributed by atoms with van der Waals surface area (Å²) < 4.78 is 11.0. The zero-order valence-corrected chi connectivity index (χ0v) is 24.7. The maximum absolute atomic E-state index is 12.9. The third-order valence-corrected chi connectivity index (χ3v) is 6.70. The van der Waals surface area contributed by atoms with E-state index in [9.17, 15) is 9.59 Å². The first-order valence-electron chi connectivity index (χ1n) is 14.2. The molecule has 0 aliphatic heterocycles. The van der Waals surface area contributed by atoms with E-state index in [0.29, 0.717) is 13.0 Å². The van der Waals surface area contributed by atoms with Crippen LogP contribution in [0.2, 0.25) is 0 Å². The lowest BCUT2D eigenvalue weighted by Gasteiger charge is -2.34. The van der Waals surface area contributed by atoms with Crippen LogP contribution in [0.25, 0.3) is 11.0 Å². The number of unbranched alkanes of at least 4 members (excludes halogenated alkanes) is 1. The van der Waals surface area contributed by atoms with Crippen LogP contribution in [0, 0.1) is 0 Å². The molecule has 1 aliphatic rings. The molecular formula is C31H43N5O4. The molecule has 1 aromatic carbocycles. The van der Waals surface area contributed by atoms with E-state index in [2.05, 4.69) is 16.0 Å². The molecule has 2 aromatic heterocycles. The summed E-state index contributed by atoms with van der Waals surface area (Å²) in [5.74, 6) is 0.911.